The minimum atomic E-state index is -0.600. The second kappa shape index (κ2) is 10.5. The van der Waals surface area contributed by atoms with E-state index >= 15 is 0 Å². The van der Waals surface area contributed by atoms with Gasteiger partial charge in [-0.15, -0.1) is 0 Å². The Morgan fingerprint density at radius 2 is 1.71 bits per heavy atom. The van der Waals surface area contributed by atoms with Gasteiger partial charge in [0.1, 0.15) is 11.6 Å². The van der Waals surface area contributed by atoms with Gasteiger partial charge in [-0.25, -0.2) is 8.78 Å². The van der Waals surface area contributed by atoms with Crippen LogP contribution in [0.4, 0.5) is 8.78 Å². The fourth-order valence-electron chi connectivity index (χ4n) is 5.04. The van der Waals surface area contributed by atoms with Crippen molar-refractivity contribution < 1.29 is 13.6 Å². The molecule has 5 rings (SSSR count). The molecule has 3 aromatic rings. The maximum absolute atomic E-state index is 14.8. The average molecular weight is 477 g/mol. The van der Waals surface area contributed by atoms with E-state index in [-0.39, 0.29) is 12.5 Å². The predicted molar refractivity (Wildman–Crippen MR) is 133 cm³/mol. The monoisotopic (exact) mass is 476 g/mol. The average Bonchev–Trinajstić information content (AvgIpc) is 3.35. The number of piperazine rings is 1. The summed E-state index contributed by atoms with van der Waals surface area (Å²) in [5.41, 5.74) is 2.50. The largest absolute Gasteiger partial charge is 0.348 e. The van der Waals surface area contributed by atoms with Crippen molar-refractivity contribution >= 4 is 12.0 Å². The smallest absolute Gasteiger partial charge is 0.236 e. The van der Waals surface area contributed by atoms with Gasteiger partial charge in [0.15, 0.2) is 0 Å². The molecule has 0 aliphatic carbocycles. The molecule has 1 amide bonds. The van der Waals surface area contributed by atoms with Gasteiger partial charge >= 0.3 is 0 Å². The Kier molecular flexibility index (Phi) is 7.06. The lowest BCUT2D eigenvalue weighted by Crippen LogP contribution is -2.52. The molecule has 2 aliphatic rings. The minimum Gasteiger partial charge on any atom is -0.348 e. The molecule has 1 saturated heterocycles. The number of hydrogen-bond donors (Lipinski definition) is 0. The van der Waals surface area contributed by atoms with Crippen LogP contribution in [0, 0.1) is 11.6 Å². The molecule has 35 heavy (non-hydrogen) atoms. The number of rotatable bonds is 6. The van der Waals surface area contributed by atoms with Gasteiger partial charge in [0.05, 0.1) is 12.6 Å². The summed E-state index contributed by atoms with van der Waals surface area (Å²) in [7, 11) is 0. The summed E-state index contributed by atoms with van der Waals surface area (Å²) in [6, 6.07) is 17.4. The molecule has 0 N–H and O–H groups in total. The molecule has 2 aliphatic heterocycles. The fourth-order valence-corrected chi connectivity index (χ4v) is 5.04. The number of halogens is 2. The van der Waals surface area contributed by atoms with E-state index in [0.29, 0.717) is 25.2 Å². The third-order valence-electron chi connectivity index (χ3n) is 6.93. The third-order valence-corrected chi connectivity index (χ3v) is 6.93. The van der Waals surface area contributed by atoms with Gasteiger partial charge in [-0.2, -0.15) is 0 Å². The SMILES string of the molecule is O=C(CN1CCn2cccc2C1c1ccc(F)cc1F)N1CCN(C/C=C/c2ccccc2)CC1. The van der Waals surface area contributed by atoms with E-state index in [0.717, 1.165) is 37.9 Å². The van der Waals surface area contributed by atoms with E-state index < -0.39 is 17.7 Å². The summed E-state index contributed by atoms with van der Waals surface area (Å²) in [4.78, 5) is 19.5. The molecular formula is C28H30F2N4O. The molecule has 182 valence electrons. The van der Waals surface area contributed by atoms with Crippen LogP contribution in [0.3, 0.4) is 0 Å². The van der Waals surface area contributed by atoms with Crippen molar-refractivity contribution in [3.63, 3.8) is 0 Å². The summed E-state index contributed by atoms with van der Waals surface area (Å²) in [6.45, 7) is 5.42. The number of benzene rings is 2. The number of aromatic nitrogens is 1. The van der Waals surface area contributed by atoms with E-state index in [9.17, 15) is 13.6 Å². The number of hydrogen-bond acceptors (Lipinski definition) is 3. The number of carbonyl (C=O) groups excluding carboxylic acids is 1. The van der Waals surface area contributed by atoms with Crippen LogP contribution in [0.15, 0.2) is 72.9 Å². The van der Waals surface area contributed by atoms with Crippen molar-refractivity contribution in [2.24, 2.45) is 0 Å². The van der Waals surface area contributed by atoms with E-state index in [1.165, 1.54) is 17.7 Å². The van der Waals surface area contributed by atoms with Gasteiger partial charge < -0.3 is 9.47 Å². The second-order valence-electron chi connectivity index (χ2n) is 9.16. The first-order valence-electron chi connectivity index (χ1n) is 12.1. The standard InChI is InChI=1S/C28H30F2N4O/c29-23-10-11-24(25(30)20-23)28-26-9-5-13-32(26)18-19-34(28)21-27(35)33-16-14-31(15-17-33)12-4-8-22-6-2-1-3-7-22/h1-11,13,20,28H,12,14-19,21H2/b8-4+. The van der Waals surface area contributed by atoms with Crippen LogP contribution in [-0.4, -0.2) is 71.0 Å². The highest BCUT2D eigenvalue weighted by Gasteiger charge is 2.33. The highest BCUT2D eigenvalue weighted by atomic mass is 19.1. The van der Waals surface area contributed by atoms with Crippen LogP contribution in [-0.2, 0) is 11.3 Å². The molecular weight excluding hydrogens is 446 g/mol. The first-order valence-corrected chi connectivity index (χ1v) is 12.1. The molecule has 1 fully saturated rings. The van der Waals surface area contributed by atoms with Gasteiger partial charge in [-0.3, -0.25) is 14.6 Å². The van der Waals surface area contributed by atoms with Crippen LogP contribution in [0.2, 0.25) is 0 Å². The highest BCUT2D eigenvalue weighted by Crippen LogP contribution is 2.34. The Hall–Kier alpha value is -3.29. The lowest BCUT2D eigenvalue weighted by atomic mass is 9.99. The first kappa shape index (κ1) is 23.5. The molecule has 7 heteroatoms. The van der Waals surface area contributed by atoms with Crippen molar-refractivity contribution in [2.75, 3.05) is 45.8 Å². The van der Waals surface area contributed by atoms with Crippen LogP contribution in [0.5, 0.6) is 0 Å². The summed E-state index contributed by atoms with van der Waals surface area (Å²) in [6.07, 6.45) is 6.25. The van der Waals surface area contributed by atoms with E-state index in [4.69, 9.17) is 0 Å². The Bertz CT molecular complexity index is 1180. The number of nitrogens with zero attached hydrogens (tertiary/aromatic N) is 4. The van der Waals surface area contributed by atoms with Crippen LogP contribution >= 0.6 is 0 Å². The summed E-state index contributed by atoms with van der Waals surface area (Å²) < 4.78 is 30.4. The molecule has 1 unspecified atom stereocenters. The molecule has 1 atom stereocenters. The third kappa shape index (κ3) is 5.36. The van der Waals surface area contributed by atoms with Crippen molar-refractivity contribution in [1.82, 2.24) is 19.3 Å². The van der Waals surface area contributed by atoms with Gasteiger partial charge in [0.25, 0.3) is 0 Å². The number of amides is 1. The zero-order chi connectivity index (χ0) is 24.2. The van der Waals surface area contributed by atoms with Crippen molar-refractivity contribution in [3.8, 4) is 0 Å². The molecule has 2 aromatic carbocycles. The molecule has 0 radical (unpaired) electrons. The molecule has 0 spiro atoms. The van der Waals surface area contributed by atoms with Crippen molar-refractivity contribution in [1.29, 1.82) is 0 Å². The van der Waals surface area contributed by atoms with Crippen LogP contribution in [0.25, 0.3) is 6.08 Å². The Morgan fingerprint density at radius 3 is 2.49 bits per heavy atom. The molecule has 3 heterocycles. The molecule has 0 saturated carbocycles. The number of fused-ring (bicyclic) bond motifs is 1. The van der Waals surface area contributed by atoms with E-state index in [2.05, 4.69) is 33.8 Å². The molecule has 5 nitrogen and oxygen atoms in total. The maximum atomic E-state index is 14.8. The Balaban J connectivity index is 1.21. The van der Waals surface area contributed by atoms with Crippen molar-refractivity contribution in [3.05, 3.63) is 101 Å². The van der Waals surface area contributed by atoms with E-state index in [1.807, 2.05) is 46.3 Å². The first-order chi connectivity index (χ1) is 17.1. The zero-order valence-electron chi connectivity index (χ0n) is 19.7. The molecule has 1 aromatic heterocycles. The lowest BCUT2D eigenvalue weighted by Gasteiger charge is -2.39. The maximum Gasteiger partial charge on any atom is 0.236 e. The second-order valence-corrected chi connectivity index (χ2v) is 9.16. The fraction of sp³-hybridized carbons (Fsp3) is 0.321. The van der Waals surface area contributed by atoms with Gasteiger partial charge in [-0.05, 0) is 23.8 Å². The number of carbonyl (C=O) groups is 1. The Morgan fingerprint density at radius 1 is 0.914 bits per heavy atom. The van der Waals surface area contributed by atoms with Crippen LogP contribution < -0.4 is 0 Å². The summed E-state index contributed by atoms with van der Waals surface area (Å²) in [5.74, 6) is -1.13. The van der Waals surface area contributed by atoms with Crippen molar-refractivity contribution in [2.45, 2.75) is 12.6 Å². The normalized spacial score (nSPS) is 19.3. The minimum absolute atomic E-state index is 0.0528. The topological polar surface area (TPSA) is 31.7 Å². The van der Waals surface area contributed by atoms with Gasteiger partial charge in [-0.1, -0.05) is 48.6 Å². The van der Waals surface area contributed by atoms with Gasteiger partial charge in [0.2, 0.25) is 5.91 Å². The zero-order valence-corrected chi connectivity index (χ0v) is 19.7. The lowest BCUT2D eigenvalue weighted by molar-refractivity contribution is -0.134. The predicted octanol–water partition coefficient (Wildman–Crippen LogP) is 4.03. The summed E-state index contributed by atoms with van der Waals surface area (Å²) >= 11 is 0. The molecule has 0 bridgehead atoms. The quantitative estimate of drug-likeness (QED) is 0.539. The van der Waals surface area contributed by atoms with E-state index in [1.54, 1.807) is 0 Å². The summed E-state index contributed by atoms with van der Waals surface area (Å²) in [5, 5.41) is 0. The van der Waals surface area contributed by atoms with Gasteiger partial charge in [0, 0.05) is 69.3 Å². The Labute approximate surface area is 204 Å². The van der Waals surface area contributed by atoms with Crippen LogP contribution in [0.1, 0.15) is 22.9 Å². The highest BCUT2D eigenvalue weighted by molar-refractivity contribution is 5.78.